The number of ketones is 1. The van der Waals surface area contributed by atoms with E-state index in [0.717, 1.165) is 13.1 Å². The average Bonchev–Trinajstić information content (AvgIpc) is 3.05. The maximum Gasteiger partial charge on any atom is 0.295 e. The molecule has 7 heteroatoms. The highest BCUT2D eigenvalue weighted by atomic mass is 16.5. The van der Waals surface area contributed by atoms with Gasteiger partial charge < -0.3 is 19.6 Å². The van der Waals surface area contributed by atoms with Crippen molar-refractivity contribution in [2.24, 2.45) is 0 Å². The Labute approximate surface area is 189 Å². The second kappa shape index (κ2) is 10.4. The van der Waals surface area contributed by atoms with Gasteiger partial charge in [-0.1, -0.05) is 19.9 Å². The monoisotopic (exact) mass is 437 g/mol. The van der Waals surface area contributed by atoms with Gasteiger partial charge >= 0.3 is 0 Å². The van der Waals surface area contributed by atoms with Crippen molar-refractivity contribution in [3.05, 3.63) is 65.5 Å². The number of aliphatic hydroxyl groups excluding tert-OH is 1. The minimum Gasteiger partial charge on any atom is -0.507 e. The van der Waals surface area contributed by atoms with E-state index in [9.17, 15) is 14.7 Å². The summed E-state index contributed by atoms with van der Waals surface area (Å²) in [4.78, 5) is 34.1. The molecule has 32 heavy (non-hydrogen) atoms. The molecule has 1 aliphatic heterocycles. The van der Waals surface area contributed by atoms with Crippen LogP contribution in [0.1, 0.15) is 45.0 Å². The number of aromatic nitrogens is 1. The van der Waals surface area contributed by atoms with Gasteiger partial charge in [-0.05, 0) is 63.3 Å². The van der Waals surface area contributed by atoms with Crippen LogP contribution in [-0.2, 0) is 9.59 Å². The van der Waals surface area contributed by atoms with E-state index >= 15 is 0 Å². The van der Waals surface area contributed by atoms with Crippen LogP contribution in [0.2, 0.25) is 0 Å². The number of benzene rings is 1. The number of aliphatic hydroxyl groups is 1. The van der Waals surface area contributed by atoms with Gasteiger partial charge in [0.05, 0.1) is 17.4 Å². The Kier molecular flexibility index (Phi) is 7.64. The molecule has 1 aromatic carbocycles. The Morgan fingerprint density at radius 3 is 2.38 bits per heavy atom. The number of nitrogens with zero attached hydrogens (tertiary/aromatic N) is 3. The summed E-state index contributed by atoms with van der Waals surface area (Å²) in [7, 11) is 0. The number of hydrogen-bond acceptors (Lipinski definition) is 6. The third kappa shape index (κ3) is 4.99. The molecule has 0 saturated carbocycles. The minimum atomic E-state index is -0.738. The third-order valence-electron chi connectivity index (χ3n) is 5.56. The highest BCUT2D eigenvalue weighted by molar-refractivity contribution is 6.46. The predicted octanol–water partition coefficient (Wildman–Crippen LogP) is 3.63. The first kappa shape index (κ1) is 23.5. The Balaban J connectivity index is 2.02. The molecule has 170 valence electrons. The molecule has 1 aliphatic rings. The van der Waals surface area contributed by atoms with Gasteiger partial charge in [-0.15, -0.1) is 0 Å². The predicted molar refractivity (Wildman–Crippen MR) is 123 cm³/mol. The number of likely N-dealkylation sites (N-methyl/N-ethyl adjacent to an activating group) is 1. The number of likely N-dealkylation sites (tertiary alicyclic amines) is 1. The number of ether oxygens (including phenoxy) is 1. The first-order chi connectivity index (χ1) is 15.4. The summed E-state index contributed by atoms with van der Waals surface area (Å²) in [5.74, 6) is -0.854. The highest BCUT2D eigenvalue weighted by Gasteiger charge is 2.46. The summed E-state index contributed by atoms with van der Waals surface area (Å²) in [5, 5.41) is 11.1. The standard InChI is InChI=1S/C25H31N3O4/c1-5-27(6-2)15-16-28-22(20-9-7-8-14-26-20)21(24(30)25(28)31)23(29)18-10-12-19(13-11-18)32-17(3)4/h7-14,17,22,29H,5-6,15-16H2,1-4H3. The number of carbonyl (C=O) groups excluding carboxylic acids is 2. The zero-order chi connectivity index (χ0) is 23.3. The van der Waals surface area contributed by atoms with Gasteiger partial charge in [-0.25, -0.2) is 0 Å². The molecule has 2 aromatic rings. The Hall–Kier alpha value is -3.19. The minimum absolute atomic E-state index is 0.0229. The molecule has 0 bridgehead atoms. The first-order valence-electron chi connectivity index (χ1n) is 11.1. The van der Waals surface area contributed by atoms with Gasteiger partial charge in [0, 0.05) is 24.8 Å². The topological polar surface area (TPSA) is 83.0 Å². The molecule has 1 N–H and O–H groups in total. The molecular formula is C25H31N3O4. The molecule has 1 unspecified atom stereocenters. The largest absolute Gasteiger partial charge is 0.507 e. The summed E-state index contributed by atoms with van der Waals surface area (Å²) in [5.41, 5.74) is 1.06. The number of Topliss-reactive ketones (excluding diaryl/α,β-unsaturated/α-hetero) is 1. The van der Waals surface area contributed by atoms with E-state index in [-0.39, 0.29) is 17.4 Å². The highest BCUT2D eigenvalue weighted by Crippen LogP contribution is 2.38. The SMILES string of the molecule is CCN(CC)CCN1C(=O)C(=O)C(=C(O)c2ccc(OC(C)C)cc2)C1c1ccccn1. The molecule has 0 radical (unpaired) electrons. The smallest absolute Gasteiger partial charge is 0.295 e. The maximum absolute atomic E-state index is 13.0. The molecule has 1 saturated heterocycles. The van der Waals surface area contributed by atoms with Gasteiger partial charge in [-0.2, -0.15) is 0 Å². The lowest BCUT2D eigenvalue weighted by Gasteiger charge is -2.27. The van der Waals surface area contributed by atoms with E-state index in [4.69, 9.17) is 4.74 Å². The van der Waals surface area contributed by atoms with Crippen LogP contribution >= 0.6 is 0 Å². The van der Waals surface area contributed by atoms with E-state index in [1.54, 1.807) is 42.6 Å². The first-order valence-corrected chi connectivity index (χ1v) is 11.1. The van der Waals surface area contributed by atoms with Crippen LogP contribution < -0.4 is 4.74 Å². The van der Waals surface area contributed by atoms with Crippen molar-refractivity contribution in [2.45, 2.75) is 39.8 Å². The van der Waals surface area contributed by atoms with Crippen molar-refractivity contribution < 1.29 is 19.4 Å². The summed E-state index contributed by atoms with van der Waals surface area (Å²) >= 11 is 0. The van der Waals surface area contributed by atoms with Gasteiger partial charge in [-0.3, -0.25) is 14.6 Å². The number of amides is 1. The van der Waals surface area contributed by atoms with Crippen LogP contribution in [0.25, 0.3) is 5.76 Å². The summed E-state index contributed by atoms with van der Waals surface area (Å²) in [6, 6.07) is 11.5. The van der Waals surface area contributed by atoms with Crippen LogP contribution in [0.15, 0.2) is 54.2 Å². The fourth-order valence-electron chi connectivity index (χ4n) is 3.86. The Morgan fingerprint density at radius 1 is 1.12 bits per heavy atom. The van der Waals surface area contributed by atoms with Gasteiger partial charge in [0.15, 0.2) is 0 Å². The van der Waals surface area contributed by atoms with Crippen LogP contribution in [0.5, 0.6) is 5.75 Å². The van der Waals surface area contributed by atoms with E-state index < -0.39 is 17.7 Å². The lowest BCUT2D eigenvalue weighted by Crippen LogP contribution is -2.38. The zero-order valence-corrected chi connectivity index (χ0v) is 19.1. The molecule has 7 nitrogen and oxygen atoms in total. The van der Waals surface area contributed by atoms with E-state index in [1.165, 1.54) is 4.90 Å². The van der Waals surface area contributed by atoms with Crippen LogP contribution in [0.3, 0.4) is 0 Å². The van der Waals surface area contributed by atoms with Crippen molar-refractivity contribution in [1.82, 2.24) is 14.8 Å². The molecule has 3 rings (SSSR count). The van der Waals surface area contributed by atoms with Gasteiger partial charge in [0.2, 0.25) is 0 Å². The number of carbonyl (C=O) groups is 2. The van der Waals surface area contributed by atoms with Crippen molar-refractivity contribution in [2.75, 3.05) is 26.2 Å². The summed E-state index contributed by atoms with van der Waals surface area (Å²) in [6.45, 7) is 10.7. The lowest BCUT2D eigenvalue weighted by molar-refractivity contribution is -0.140. The molecule has 1 amide bonds. The van der Waals surface area contributed by atoms with Gasteiger partial charge in [0.1, 0.15) is 17.6 Å². The van der Waals surface area contributed by atoms with Crippen molar-refractivity contribution in [3.8, 4) is 5.75 Å². The lowest BCUT2D eigenvalue weighted by atomic mass is 9.98. The summed E-state index contributed by atoms with van der Waals surface area (Å²) in [6.07, 6.45) is 1.65. The molecule has 1 aromatic heterocycles. The van der Waals surface area contributed by atoms with Crippen LogP contribution in [0, 0.1) is 0 Å². The number of rotatable bonds is 9. The molecule has 1 fully saturated rings. The van der Waals surface area contributed by atoms with Gasteiger partial charge in [0.25, 0.3) is 11.7 Å². The third-order valence-corrected chi connectivity index (χ3v) is 5.56. The number of pyridine rings is 1. The molecule has 0 aliphatic carbocycles. The second-order valence-corrected chi connectivity index (χ2v) is 7.96. The van der Waals surface area contributed by atoms with Crippen molar-refractivity contribution in [3.63, 3.8) is 0 Å². The van der Waals surface area contributed by atoms with Crippen molar-refractivity contribution in [1.29, 1.82) is 0 Å². The van der Waals surface area contributed by atoms with Crippen LogP contribution in [-0.4, -0.2) is 63.9 Å². The fourth-order valence-corrected chi connectivity index (χ4v) is 3.86. The van der Waals surface area contributed by atoms with Crippen LogP contribution in [0.4, 0.5) is 0 Å². The molecule has 0 spiro atoms. The average molecular weight is 438 g/mol. The number of hydrogen-bond donors (Lipinski definition) is 1. The molecule has 2 heterocycles. The normalized spacial score (nSPS) is 18.1. The van der Waals surface area contributed by atoms with Crippen molar-refractivity contribution >= 4 is 17.4 Å². The Bertz CT molecular complexity index is 966. The molecule has 1 atom stereocenters. The maximum atomic E-state index is 13.0. The molecular weight excluding hydrogens is 406 g/mol. The quantitative estimate of drug-likeness (QED) is 0.366. The summed E-state index contributed by atoms with van der Waals surface area (Å²) < 4.78 is 5.65. The van der Waals surface area contributed by atoms with E-state index in [0.29, 0.717) is 30.1 Å². The van der Waals surface area contributed by atoms with E-state index in [1.807, 2.05) is 19.9 Å². The zero-order valence-electron chi connectivity index (χ0n) is 19.1. The fraction of sp³-hybridized carbons (Fsp3) is 0.400. The second-order valence-electron chi connectivity index (χ2n) is 7.96. The Morgan fingerprint density at radius 2 is 1.81 bits per heavy atom. The van der Waals surface area contributed by atoms with E-state index in [2.05, 4.69) is 23.7 Å².